The smallest absolute Gasteiger partial charge is 0.410 e. The monoisotopic (exact) mass is 710 g/mol. The average Bonchev–Trinajstić information content (AvgIpc) is 3.08. The van der Waals surface area contributed by atoms with E-state index in [1.54, 1.807) is 55.1 Å². The molecule has 0 radical (unpaired) electrons. The number of piperidine rings is 2. The highest BCUT2D eigenvalue weighted by Gasteiger charge is 2.32. The fraction of sp³-hybridized carbons (Fsp3) is 0.615. The molecule has 0 bridgehead atoms. The molecule has 3 heterocycles. The van der Waals surface area contributed by atoms with Crippen molar-refractivity contribution in [2.75, 3.05) is 39.5 Å². The van der Waals surface area contributed by atoms with E-state index >= 15 is 0 Å². The van der Waals surface area contributed by atoms with Gasteiger partial charge in [-0.2, -0.15) is 0 Å². The quantitative estimate of drug-likeness (QED) is 0.243. The van der Waals surface area contributed by atoms with Crippen LogP contribution in [0.25, 0.3) is 11.1 Å². The highest BCUT2D eigenvalue weighted by atomic mass is 19.1. The van der Waals surface area contributed by atoms with Crippen molar-refractivity contribution in [2.45, 2.75) is 104 Å². The topological polar surface area (TPSA) is 127 Å². The lowest BCUT2D eigenvalue weighted by molar-refractivity contribution is -0.155. The van der Waals surface area contributed by atoms with Gasteiger partial charge in [-0.3, -0.25) is 19.4 Å². The third-order valence-electron chi connectivity index (χ3n) is 8.98. The third kappa shape index (κ3) is 12.8. The number of halogens is 1. The first-order chi connectivity index (χ1) is 24.1. The summed E-state index contributed by atoms with van der Waals surface area (Å²) in [5, 5.41) is 3.09. The molecule has 51 heavy (non-hydrogen) atoms. The van der Waals surface area contributed by atoms with Gasteiger partial charge in [-0.1, -0.05) is 12.1 Å². The van der Waals surface area contributed by atoms with Gasteiger partial charge in [0.1, 0.15) is 30.2 Å². The number of nitrogens with zero attached hydrogens (tertiary/aromatic N) is 3. The number of alkyl halides is 1. The van der Waals surface area contributed by atoms with Gasteiger partial charge in [0.2, 0.25) is 11.8 Å². The molecule has 2 aliphatic rings. The first kappa shape index (κ1) is 39.6. The van der Waals surface area contributed by atoms with E-state index in [9.17, 15) is 23.6 Å². The van der Waals surface area contributed by atoms with Crippen molar-refractivity contribution in [3.63, 3.8) is 0 Å². The molecule has 4 rings (SSSR count). The molecule has 12 heteroatoms. The maximum absolute atomic E-state index is 13.8. The Morgan fingerprint density at radius 3 is 2.24 bits per heavy atom. The number of esters is 1. The van der Waals surface area contributed by atoms with E-state index in [-0.39, 0.29) is 30.9 Å². The molecule has 2 aliphatic heterocycles. The van der Waals surface area contributed by atoms with Crippen LogP contribution in [0.5, 0.6) is 5.75 Å². The van der Waals surface area contributed by atoms with Gasteiger partial charge in [0.15, 0.2) is 0 Å². The minimum Gasteiger partial charge on any atom is -0.491 e. The van der Waals surface area contributed by atoms with Gasteiger partial charge in [-0.25, -0.2) is 9.18 Å². The summed E-state index contributed by atoms with van der Waals surface area (Å²) in [6.45, 7) is 12.5. The fourth-order valence-electron chi connectivity index (χ4n) is 6.43. The third-order valence-corrected chi connectivity index (χ3v) is 8.98. The van der Waals surface area contributed by atoms with Crippen molar-refractivity contribution in [3.8, 4) is 16.9 Å². The molecule has 2 aromatic rings. The molecule has 0 aliphatic carbocycles. The second-order valence-electron chi connectivity index (χ2n) is 15.5. The van der Waals surface area contributed by atoms with Crippen molar-refractivity contribution < 1.29 is 37.8 Å². The SMILES string of the molecule is CC(C)(C)OC(=O)CC(NC(=O)C1CCCN(C(=O)CCC2CCN(C(=O)OC(C)(C)C)CC2)C1)c1cncc(-c2ccc(OCCF)cc2)c1. The largest absolute Gasteiger partial charge is 0.491 e. The van der Waals surface area contributed by atoms with Gasteiger partial charge in [0.25, 0.3) is 0 Å². The Morgan fingerprint density at radius 1 is 0.902 bits per heavy atom. The molecule has 2 saturated heterocycles. The van der Waals surface area contributed by atoms with Crippen LogP contribution < -0.4 is 10.1 Å². The van der Waals surface area contributed by atoms with Crippen LogP contribution in [-0.2, 0) is 23.9 Å². The molecule has 0 saturated carbocycles. The Bertz CT molecular complexity index is 1480. The first-order valence-electron chi connectivity index (χ1n) is 18.1. The van der Waals surface area contributed by atoms with Gasteiger partial charge in [-0.05, 0) is 109 Å². The van der Waals surface area contributed by atoms with E-state index in [0.29, 0.717) is 62.7 Å². The Kier molecular flexibility index (Phi) is 13.8. The molecule has 2 fully saturated rings. The molecule has 2 unspecified atom stereocenters. The summed E-state index contributed by atoms with van der Waals surface area (Å²) in [6, 6.07) is 8.37. The Balaban J connectivity index is 1.37. The highest BCUT2D eigenvalue weighted by Crippen LogP contribution is 2.29. The minimum absolute atomic E-state index is 0.0203. The summed E-state index contributed by atoms with van der Waals surface area (Å²) >= 11 is 0. The molecule has 2 atom stereocenters. The lowest BCUT2D eigenvalue weighted by atomic mass is 9.91. The van der Waals surface area contributed by atoms with Gasteiger partial charge in [0, 0.05) is 50.6 Å². The van der Waals surface area contributed by atoms with E-state index in [0.717, 1.165) is 30.4 Å². The van der Waals surface area contributed by atoms with Crippen LogP contribution >= 0.6 is 0 Å². The molecule has 1 aromatic heterocycles. The van der Waals surface area contributed by atoms with Crippen molar-refractivity contribution in [1.29, 1.82) is 0 Å². The number of ether oxygens (including phenoxy) is 3. The summed E-state index contributed by atoms with van der Waals surface area (Å²) in [5.41, 5.74) is 1.03. The number of aromatic nitrogens is 1. The molecule has 1 aromatic carbocycles. The number of benzene rings is 1. The number of rotatable bonds is 12. The standard InChI is InChI=1S/C39H55FN4O7/c1-38(2,3)50-35(46)23-33(31-22-30(24-41-25-31)28-10-12-32(13-11-28)49-21-17-40)42-36(47)29-8-7-18-44(26-29)34(45)14-9-27-15-19-43(20-16-27)37(48)51-39(4,5)6/h10-13,22,24-25,27,29,33H,7-9,14-21,23,26H2,1-6H3,(H,42,47). The molecule has 0 spiro atoms. The van der Waals surface area contributed by atoms with Crippen LogP contribution in [0.3, 0.4) is 0 Å². The van der Waals surface area contributed by atoms with E-state index in [2.05, 4.69) is 10.3 Å². The zero-order valence-corrected chi connectivity index (χ0v) is 31.0. The summed E-state index contributed by atoms with van der Waals surface area (Å²) in [4.78, 5) is 60.5. The van der Waals surface area contributed by atoms with Crippen LogP contribution in [0, 0.1) is 11.8 Å². The Hall–Kier alpha value is -4.22. The van der Waals surface area contributed by atoms with Crippen LogP contribution in [0.4, 0.5) is 9.18 Å². The number of hydrogen-bond acceptors (Lipinski definition) is 8. The fourth-order valence-corrected chi connectivity index (χ4v) is 6.43. The summed E-state index contributed by atoms with van der Waals surface area (Å²) in [6.07, 6.45) is 7.07. The zero-order valence-electron chi connectivity index (χ0n) is 31.0. The first-order valence-corrected chi connectivity index (χ1v) is 18.1. The lowest BCUT2D eigenvalue weighted by Gasteiger charge is -2.35. The van der Waals surface area contributed by atoms with E-state index in [4.69, 9.17) is 14.2 Å². The lowest BCUT2D eigenvalue weighted by Crippen LogP contribution is -2.46. The second kappa shape index (κ2) is 17.8. The molecule has 3 amide bonds. The number of hydrogen-bond donors (Lipinski definition) is 1. The number of nitrogens with one attached hydrogen (secondary N) is 1. The zero-order chi connectivity index (χ0) is 37.2. The molecular weight excluding hydrogens is 655 g/mol. The average molecular weight is 711 g/mol. The summed E-state index contributed by atoms with van der Waals surface area (Å²) < 4.78 is 29.0. The molecular formula is C39H55FN4O7. The Labute approximate surface area is 301 Å². The predicted molar refractivity (Wildman–Crippen MR) is 192 cm³/mol. The van der Waals surface area contributed by atoms with E-state index < -0.39 is 35.8 Å². The predicted octanol–water partition coefficient (Wildman–Crippen LogP) is 6.65. The van der Waals surface area contributed by atoms with Crippen molar-refractivity contribution >= 4 is 23.9 Å². The number of amides is 3. The van der Waals surface area contributed by atoms with Crippen LogP contribution in [0.15, 0.2) is 42.7 Å². The maximum atomic E-state index is 13.8. The van der Waals surface area contributed by atoms with Crippen molar-refractivity contribution in [2.24, 2.45) is 11.8 Å². The van der Waals surface area contributed by atoms with Crippen LogP contribution in [-0.4, -0.2) is 89.3 Å². The highest BCUT2D eigenvalue weighted by molar-refractivity contribution is 5.82. The number of pyridine rings is 1. The van der Waals surface area contributed by atoms with E-state index in [1.807, 2.05) is 39.0 Å². The maximum Gasteiger partial charge on any atom is 0.410 e. The summed E-state index contributed by atoms with van der Waals surface area (Å²) in [5.74, 6) is -0.169. The second-order valence-corrected chi connectivity index (χ2v) is 15.5. The number of likely N-dealkylation sites (tertiary alicyclic amines) is 2. The van der Waals surface area contributed by atoms with Crippen LogP contribution in [0.2, 0.25) is 0 Å². The molecule has 11 nitrogen and oxygen atoms in total. The Morgan fingerprint density at radius 2 is 1.59 bits per heavy atom. The van der Waals surface area contributed by atoms with Crippen LogP contribution in [0.1, 0.15) is 98.1 Å². The number of carbonyl (C=O) groups excluding carboxylic acids is 4. The van der Waals surface area contributed by atoms with E-state index in [1.165, 1.54) is 0 Å². The van der Waals surface area contributed by atoms with Gasteiger partial charge < -0.3 is 29.3 Å². The summed E-state index contributed by atoms with van der Waals surface area (Å²) in [7, 11) is 0. The van der Waals surface area contributed by atoms with Crippen molar-refractivity contribution in [3.05, 3.63) is 48.3 Å². The minimum atomic E-state index is -0.704. The molecule has 280 valence electrons. The van der Waals surface area contributed by atoms with Crippen molar-refractivity contribution in [1.82, 2.24) is 20.1 Å². The van der Waals surface area contributed by atoms with Gasteiger partial charge in [0.05, 0.1) is 18.4 Å². The number of carbonyl (C=O) groups is 4. The van der Waals surface area contributed by atoms with Gasteiger partial charge >= 0.3 is 12.1 Å². The normalized spacial score (nSPS) is 17.7. The molecule has 1 N–H and O–H groups in total. The van der Waals surface area contributed by atoms with Gasteiger partial charge in [-0.15, -0.1) is 0 Å².